The van der Waals surface area contributed by atoms with Crippen molar-refractivity contribution in [3.63, 3.8) is 0 Å². The lowest BCUT2D eigenvalue weighted by Gasteiger charge is -2.33. The fourth-order valence-electron chi connectivity index (χ4n) is 4.33. The normalized spacial score (nSPS) is 26.9. The molecule has 2 heterocycles. The second-order valence-electron chi connectivity index (χ2n) is 7.98. The smallest absolute Gasteiger partial charge is 0.318 e. The van der Waals surface area contributed by atoms with Crippen molar-refractivity contribution in [3.8, 4) is 0 Å². The van der Waals surface area contributed by atoms with E-state index in [-0.39, 0.29) is 12.1 Å². The molecular weight excluding hydrogens is 312 g/mol. The van der Waals surface area contributed by atoms with Crippen molar-refractivity contribution in [1.29, 1.82) is 0 Å². The van der Waals surface area contributed by atoms with Crippen LogP contribution in [-0.2, 0) is 0 Å². The van der Waals surface area contributed by atoms with Gasteiger partial charge in [-0.3, -0.25) is 4.98 Å². The summed E-state index contributed by atoms with van der Waals surface area (Å²) in [7, 11) is 4.28. The molecule has 0 bridgehead atoms. The molecule has 1 saturated heterocycles. The number of likely N-dealkylation sites (tertiary alicyclic amines) is 1. The molecule has 1 N–H and O–H groups in total. The van der Waals surface area contributed by atoms with Gasteiger partial charge < -0.3 is 15.1 Å². The maximum Gasteiger partial charge on any atom is 0.318 e. The highest BCUT2D eigenvalue weighted by molar-refractivity contribution is 5.75. The second-order valence-corrected chi connectivity index (χ2v) is 7.98. The summed E-state index contributed by atoms with van der Waals surface area (Å²) in [5.41, 5.74) is 2.05. The van der Waals surface area contributed by atoms with Gasteiger partial charge in [-0.1, -0.05) is 6.07 Å². The number of urea groups is 1. The highest BCUT2D eigenvalue weighted by Gasteiger charge is 2.32. The van der Waals surface area contributed by atoms with E-state index in [1.807, 2.05) is 24.0 Å². The first-order valence-electron chi connectivity index (χ1n) is 9.68. The fraction of sp³-hybridized carbons (Fsp3) is 0.700. The lowest BCUT2D eigenvalue weighted by molar-refractivity contribution is 0.177. The summed E-state index contributed by atoms with van der Waals surface area (Å²) in [4.78, 5) is 21.7. The van der Waals surface area contributed by atoms with E-state index in [4.69, 9.17) is 0 Å². The standard InChI is InChI=1S/C20H32N4O/c1-15-6-4-7-18(21-15)19-8-5-13-24(19)20(25)22-17-11-9-16(10-12-17)14-23(2)3/h4,6-7,16-17,19H,5,8-14H2,1-3H3,(H,22,25). The van der Waals surface area contributed by atoms with Crippen molar-refractivity contribution < 1.29 is 4.79 Å². The maximum absolute atomic E-state index is 12.8. The molecule has 5 heteroatoms. The lowest BCUT2D eigenvalue weighted by Crippen LogP contribution is -2.46. The van der Waals surface area contributed by atoms with E-state index in [0.29, 0.717) is 6.04 Å². The zero-order valence-electron chi connectivity index (χ0n) is 15.9. The summed E-state index contributed by atoms with van der Waals surface area (Å²) in [6, 6.07) is 6.66. The van der Waals surface area contributed by atoms with E-state index >= 15 is 0 Å². The summed E-state index contributed by atoms with van der Waals surface area (Å²) in [5, 5.41) is 3.29. The number of carbonyl (C=O) groups excluding carboxylic acids is 1. The Morgan fingerprint density at radius 3 is 2.68 bits per heavy atom. The van der Waals surface area contributed by atoms with Gasteiger partial charge >= 0.3 is 6.03 Å². The first-order valence-corrected chi connectivity index (χ1v) is 9.68. The number of pyridine rings is 1. The van der Waals surface area contributed by atoms with Crippen molar-refractivity contribution in [2.24, 2.45) is 5.92 Å². The topological polar surface area (TPSA) is 48.5 Å². The second kappa shape index (κ2) is 8.17. The van der Waals surface area contributed by atoms with Gasteiger partial charge in [0.15, 0.2) is 0 Å². The molecule has 2 aliphatic rings. The van der Waals surface area contributed by atoms with Gasteiger partial charge in [-0.05, 0) is 77.6 Å². The highest BCUT2D eigenvalue weighted by atomic mass is 16.2. The van der Waals surface area contributed by atoms with Crippen LogP contribution in [0.3, 0.4) is 0 Å². The third-order valence-corrected chi connectivity index (χ3v) is 5.56. The first-order chi connectivity index (χ1) is 12.0. The molecule has 0 radical (unpaired) electrons. The predicted molar refractivity (Wildman–Crippen MR) is 100 cm³/mol. The van der Waals surface area contributed by atoms with E-state index in [2.05, 4.69) is 35.4 Å². The number of nitrogens with one attached hydrogen (secondary N) is 1. The Morgan fingerprint density at radius 1 is 1.24 bits per heavy atom. The van der Waals surface area contributed by atoms with Gasteiger partial charge in [0.25, 0.3) is 0 Å². The number of aromatic nitrogens is 1. The van der Waals surface area contributed by atoms with E-state index < -0.39 is 0 Å². The van der Waals surface area contributed by atoms with E-state index in [0.717, 1.165) is 56.1 Å². The van der Waals surface area contributed by atoms with Gasteiger partial charge in [-0.15, -0.1) is 0 Å². The molecule has 1 saturated carbocycles. The van der Waals surface area contributed by atoms with Crippen LogP contribution in [0.4, 0.5) is 4.79 Å². The SMILES string of the molecule is Cc1cccc(C2CCCN2C(=O)NC2CCC(CN(C)C)CC2)n1. The molecule has 5 nitrogen and oxygen atoms in total. The van der Waals surface area contributed by atoms with Gasteiger partial charge in [0.1, 0.15) is 0 Å². The van der Waals surface area contributed by atoms with E-state index in [1.165, 1.54) is 12.8 Å². The van der Waals surface area contributed by atoms with Crippen molar-refractivity contribution in [3.05, 3.63) is 29.6 Å². The molecule has 1 aromatic rings. The molecule has 1 aromatic heterocycles. The molecule has 0 spiro atoms. The summed E-state index contributed by atoms with van der Waals surface area (Å²) >= 11 is 0. The van der Waals surface area contributed by atoms with Crippen LogP contribution in [0.1, 0.15) is 56.0 Å². The molecular formula is C20H32N4O. The van der Waals surface area contributed by atoms with E-state index in [1.54, 1.807) is 0 Å². The van der Waals surface area contributed by atoms with Crippen LogP contribution in [0.25, 0.3) is 0 Å². The number of hydrogen-bond donors (Lipinski definition) is 1. The van der Waals surface area contributed by atoms with E-state index in [9.17, 15) is 4.79 Å². The number of rotatable bonds is 4. The van der Waals surface area contributed by atoms with Crippen LogP contribution in [0.2, 0.25) is 0 Å². The number of carbonyl (C=O) groups is 1. The molecule has 1 atom stereocenters. The van der Waals surface area contributed by atoms with Crippen molar-refractivity contribution >= 4 is 6.03 Å². The Kier molecular flexibility index (Phi) is 5.94. The molecule has 1 aliphatic carbocycles. The largest absolute Gasteiger partial charge is 0.335 e. The minimum atomic E-state index is 0.0989. The van der Waals surface area contributed by atoms with Crippen molar-refractivity contribution in [2.45, 2.75) is 57.5 Å². The Labute approximate surface area is 151 Å². The summed E-state index contributed by atoms with van der Waals surface area (Å²) in [5.74, 6) is 0.777. The minimum absolute atomic E-state index is 0.0989. The summed E-state index contributed by atoms with van der Waals surface area (Å²) in [6.45, 7) is 4.00. The third-order valence-electron chi connectivity index (χ3n) is 5.56. The quantitative estimate of drug-likeness (QED) is 0.911. The monoisotopic (exact) mass is 344 g/mol. The van der Waals surface area contributed by atoms with Crippen LogP contribution in [-0.4, -0.2) is 54.0 Å². The number of hydrogen-bond acceptors (Lipinski definition) is 3. The Morgan fingerprint density at radius 2 is 2.00 bits per heavy atom. The number of nitrogens with zero attached hydrogens (tertiary/aromatic N) is 3. The third kappa shape index (κ3) is 4.72. The van der Waals surface area contributed by atoms with Crippen LogP contribution < -0.4 is 5.32 Å². The predicted octanol–water partition coefficient (Wildman–Crippen LogP) is 3.36. The number of amides is 2. The molecule has 0 aromatic carbocycles. The molecule has 1 aliphatic heterocycles. The van der Waals surface area contributed by atoms with Crippen LogP contribution in [0, 0.1) is 12.8 Å². The van der Waals surface area contributed by atoms with Crippen LogP contribution in [0.5, 0.6) is 0 Å². The average molecular weight is 345 g/mol. The molecule has 25 heavy (non-hydrogen) atoms. The lowest BCUT2D eigenvalue weighted by atomic mass is 9.86. The van der Waals surface area contributed by atoms with Crippen LogP contribution >= 0.6 is 0 Å². The highest BCUT2D eigenvalue weighted by Crippen LogP contribution is 2.31. The Hall–Kier alpha value is -1.62. The zero-order chi connectivity index (χ0) is 17.8. The maximum atomic E-state index is 12.8. The minimum Gasteiger partial charge on any atom is -0.335 e. The molecule has 1 unspecified atom stereocenters. The van der Waals surface area contributed by atoms with Crippen molar-refractivity contribution in [2.75, 3.05) is 27.2 Å². The molecule has 3 rings (SSSR count). The molecule has 2 fully saturated rings. The van der Waals surface area contributed by atoms with Crippen LogP contribution in [0.15, 0.2) is 18.2 Å². The Bertz CT molecular complexity index is 581. The zero-order valence-corrected chi connectivity index (χ0v) is 15.9. The van der Waals surface area contributed by atoms with Gasteiger partial charge in [0.2, 0.25) is 0 Å². The van der Waals surface area contributed by atoms with Gasteiger partial charge in [0.05, 0.1) is 11.7 Å². The Balaban J connectivity index is 1.54. The summed E-state index contributed by atoms with van der Waals surface area (Å²) in [6.07, 6.45) is 6.71. The molecule has 138 valence electrons. The average Bonchev–Trinajstić information content (AvgIpc) is 3.06. The summed E-state index contributed by atoms with van der Waals surface area (Å²) < 4.78 is 0. The van der Waals surface area contributed by atoms with Gasteiger partial charge in [-0.25, -0.2) is 4.79 Å². The number of aryl methyl sites for hydroxylation is 1. The van der Waals surface area contributed by atoms with Crippen molar-refractivity contribution in [1.82, 2.24) is 20.1 Å². The fourth-order valence-corrected chi connectivity index (χ4v) is 4.33. The van der Waals surface area contributed by atoms with Gasteiger partial charge in [0, 0.05) is 24.8 Å². The first kappa shape index (κ1) is 18.2. The molecule has 2 amide bonds. The van der Waals surface area contributed by atoms with Gasteiger partial charge in [-0.2, -0.15) is 0 Å².